The van der Waals surface area contributed by atoms with Crippen LogP contribution >= 0.6 is 0 Å². The Morgan fingerprint density at radius 1 is 1.11 bits per heavy atom. The minimum Gasteiger partial charge on any atom is -0.497 e. The summed E-state index contributed by atoms with van der Waals surface area (Å²) >= 11 is 0. The molecule has 0 heterocycles. The van der Waals surface area contributed by atoms with E-state index in [1.165, 1.54) is 6.08 Å². The van der Waals surface area contributed by atoms with Crippen molar-refractivity contribution in [2.45, 2.75) is 0 Å². The zero-order chi connectivity index (χ0) is 13.7. The Balaban J connectivity index is 2.14. The molecule has 19 heavy (non-hydrogen) atoms. The predicted molar refractivity (Wildman–Crippen MR) is 74.0 cm³/mol. The summed E-state index contributed by atoms with van der Waals surface area (Å²) in [5.41, 5.74) is 0.807. The molecule has 1 aliphatic carbocycles. The Morgan fingerprint density at radius 3 is 2.47 bits per heavy atom. The minimum absolute atomic E-state index is 0.0325. The summed E-state index contributed by atoms with van der Waals surface area (Å²) in [6.45, 7) is 0. The average Bonchev–Trinajstić information content (AvgIpc) is 2.98. The lowest BCUT2D eigenvalue weighted by Crippen LogP contribution is -2.05. The topological polar surface area (TPSA) is 35.5 Å². The summed E-state index contributed by atoms with van der Waals surface area (Å²) in [7, 11) is 3.20. The SMILES string of the molecule is COc1ccc(OC)c(/C=C/C(=O)[C]2[CH][CH][CH][CH]2)c1. The average molecular weight is 255 g/mol. The van der Waals surface area contributed by atoms with Crippen molar-refractivity contribution in [2.75, 3.05) is 14.2 Å². The lowest BCUT2D eigenvalue weighted by Gasteiger charge is -2.07. The zero-order valence-corrected chi connectivity index (χ0v) is 10.9. The maximum absolute atomic E-state index is 11.9. The number of hydrogen-bond acceptors (Lipinski definition) is 3. The van der Waals surface area contributed by atoms with Crippen molar-refractivity contribution < 1.29 is 14.3 Å². The van der Waals surface area contributed by atoms with Gasteiger partial charge in [0.15, 0.2) is 5.78 Å². The highest BCUT2D eigenvalue weighted by molar-refractivity contribution is 6.07. The van der Waals surface area contributed by atoms with Crippen molar-refractivity contribution in [1.29, 1.82) is 0 Å². The first-order chi connectivity index (χ1) is 9.24. The number of carbonyl (C=O) groups is 1. The minimum atomic E-state index is -0.0325. The normalized spacial score (nSPS) is 15.9. The van der Waals surface area contributed by atoms with Gasteiger partial charge < -0.3 is 9.47 Å². The molecule has 3 nitrogen and oxygen atoms in total. The highest BCUT2D eigenvalue weighted by atomic mass is 16.5. The third kappa shape index (κ3) is 3.37. The van der Waals surface area contributed by atoms with E-state index in [0.717, 1.165) is 11.3 Å². The first-order valence-corrected chi connectivity index (χ1v) is 5.90. The summed E-state index contributed by atoms with van der Waals surface area (Å²) in [6, 6.07) is 5.45. The molecule has 5 radical (unpaired) electrons. The number of ether oxygens (including phenoxy) is 2. The second-order valence-electron chi connectivity index (χ2n) is 3.98. The summed E-state index contributed by atoms with van der Waals surface area (Å²) in [5, 5.41) is 0. The molecule has 0 atom stereocenters. The van der Waals surface area contributed by atoms with Gasteiger partial charge in [0.25, 0.3) is 0 Å². The zero-order valence-electron chi connectivity index (χ0n) is 10.9. The molecule has 0 saturated heterocycles. The second kappa shape index (κ2) is 6.41. The monoisotopic (exact) mass is 255 g/mol. The van der Waals surface area contributed by atoms with Gasteiger partial charge in [0.2, 0.25) is 0 Å². The van der Waals surface area contributed by atoms with Crippen LogP contribution in [0.4, 0.5) is 0 Å². The van der Waals surface area contributed by atoms with Gasteiger partial charge in [0.05, 0.1) is 20.1 Å². The Hall–Kier alpha value is -1.77. The summed E-state index contributed by atoms with van der Waals surface area (Å²) in [4.78, 5) is 11.9. The van der Waals surface area contributed by atoms with E-state index >= 15 is 0 Å². The first-order valence-electron chi connectivity index (χ1n) is 5.90. The molecule has 1 aliphatic rings. The lowest BCUT2D eigenvalue weighted by molar-refractivity contribution is -0.112. The van der Waals surface area contributed by atoms with Gasteiger partial charge in [-0.15, -0.1) is 0 Å². The maximum atomic E-state index is 11.9. The van der Waals surface area contributed by atoms with Crippen LogP contribution in [0, 0.1) is 31.6 Å². The molecular formula is C16H15O3. The third-order valence-corrected chi connectivity index (χ3v) is 2.80. The Kier molecular flexibility index (Phi) is 4.61. The van der Waals surface area contributed by atoms with Crippen LogP contribution in [-0.2, 0) is 4.79 Å². The van der Waals surface area contributed by atoms with E-state index < -0.39 is 0 Å². The molecule has 1 fully saturated rings. The van der Waals surface area contributed by atoms with Gasteiger partial charge in [-0.25, -0.2) is 0 Å². The Labute approximate surface area is 114 Å². The van der Waals surface area contributed by atoms with Crippen LogP contribution in [0.3, 0.4) is 0 Å². The van der Waals surface area contributed by atoms with Gasteiger partial charge in [-0.3, -0.25) is 4.79 Å². The van der Waals surface area contributed by atoms with Crippen molar-refractivity contribution >= 4 is 11.9 Å². The van der Waals surface area contributed by atoms with E-state index in [9.17, 15) is 4.79 Å². The van der Waals surface area contributed by atoms with Crippen molar-refractivity contribution in [3.8, 4) is 11.5 Å². The molecule has 0 amide bonds. The fourth-order valence-corrected chi connectivity index (χ4v) is 1.77. The Morgan fingerprint density at radius 2 is 1.84 bits per heavy atom. The number of rotatable bonds is 5. The van der Waals surface area contributed by atoms with Crippen molar-refractivity contribution in [1.82, 2.24) is 0 Å². The molecule has 0 N–H and O–H groups in total. The number of carbonyl (C=O) groups excluding carboxylic acids is 1. The second-order valence-corrected chi connectivity index (χ2v) is 3.98. The van der Waals surface area contributed by atoms with Gasteiger partial charge in [-0.2, -0.15) is 0 Å². The molecular weight excluding hydrogens is 240 g/mol. The number of benzene rings is 1. The molecule has 1 aromatic rings. The predicted octanol–water partition coefficient (Wildman–Crippen LogP) is 2.69. The molecule has 0 spiro atoms. The van der Waals surface area contributed by atoms with Gasteiger partial charge in [0, 0.05) is 5.56 Å². The first kappa shape index (κ1) is 13.7. The van der Waals surface area contributed by atoms with E-state index in [1.54, 1.807) is 33.1 Å². The molecule has 1 saturated carbocycles. The van der Waals surface area contributed by atoms with E-state index in [0.29, 0.717) is 11.7 Å². The standard InChI is InChI=1S/C16H15O3/c1-18-14-8-10-16(19-2)13(11-14)7-9-15(17)12-5-3-4-6-12/h3-11H,1-2H3/b9-7+. The van der Waals surface area contributed by atoms with E-state index in [-0.39, 0.29) is 5.78 Å². The van der Waals surface area contributed by atoms with Gasteiger partial charge in [-0.05, 0) is 56.0 Å². The summed E-state index contributed by atoms with van der Waals surface area (Å²) < 4.78 is 10.4. The largest absolute Gasteiger partial charge is 0.497 e. The summed E-state index contributed by atoms with van der Waals surface area (Å²) in [5.74, 6) is 2.07. The number of hydrogen-bond donors (Lipinski definition) is 0. The number of allylic oxidation sites excluding steroid dienone is 1. The van der Waals surface area contributed by atoms with Crippen LogP contribution in [0.15, 0.2) is 24.3 Å². The van der Waals surface area contributed by atoms with E-state index in [1.807, 2.05) is 31.0 Å². The number of methoxy groups -OCH3 is 2. The summed E-state index contributed by atoms with van der Waals surface area (Å²) in [6.07, 6.45) is 10.5. The van der Waals surface area contributed by atoms with Gasteiger partial charge in [-0.1, -0.05) is 0 Å². The van der Waals surface area contributed by atoms with E-state index in [4.69, 9.17) is 9.47 Å². The fraction of sp³-hybridized carbons (Fsp3) is 0.125. The molecule has 97 valence electrons. The molecule has 0 aliphatic heterocycles. The van der Waals surface area contributed by atoms with Crippen molar-refractivity contribution in [3.05, 3.63) is 61.4 Å². The Bertz CT molecular complexity index is 471. The van der Waals surface area contributed by atoms with Crippen LogP contribution in [0.1, 0.15) is 5.56 Å². The fourth-order valence-electron chi connectivity index (χ4n) is 1.77. The lowest BCUT2D eigenvalue weighted by atomic mass is 10.0. The molecule has 0 unspecified atom stereocenters. The molecule has 1 aromatic carbocycles. The highest BCUT2D eigenvalue weighted by Crippen LogP contribution is 2.27. The van der Waals surface area contributed by atoms with E-state index in [2.05, 4.69) is 0 Å². The molecule has 0 aromatic heterocycles. The molecule has 3 heteroatoms. The van der Waals surface area contributed by atoms with Crippen LogP contribution in [0.5, 0.6) is 11.5 Å². The van der Waals surface area contributed by atoms with Crippen LogP contribution in [0.2, 0.25) is 0 Å². The molecule has 0 bridgehead atoms. The highest BCUT2D eigenvalue weighted by Gasteiger charge is 2.22. The van der Waals surface area contributed by atoms with Gasteiger partial charge >= 0.3 is 0 Å². The third-order valence-electron chi connectivity index (χ3n) is 2.80. The van der Waals surface area contributed by atoms with Crippen LogP contribution in [-0.4, -0.2) is 20.0 Å². The molecule has 2 rings (SSSR count). The van der Waals surface area contributed by atoms with Crippen molar-refractivity contribution in [2.24, 2.45) is 0 Å². The smallest absolute Gasteiger partial charge is 0.163 e. The van der Waals surface area contributed by atoms with Crippen LogP contribution < -0.4 is 9.47 Å². The quantitative estimate of drug-likeness (QED) is 0.759. The number of ketones is 1. The maximum Gasteiger partial charge on any atom is 0.163 e. The van der Waals surface area contributed by atoms with Crippen LogP contribution in [0.25, 0.3) is 6.08 Å². The van der Waals surface area contributed by atoms with Crippen molar-refractivity contribution in [3.63, 3.8) is 0 Å². The van der Waals surface area contributed by atoms with Gasteiger partial charge in [0.1, 0.15) is 11.5 Å².